The molecule has 5 aliphatic carbocycles. The van der Waals surface area contributed by atoms with Gasteiger partial charge < -0.3 is 0 Å². The van der Waals surface area contributed by atoms with Gasteiger partial charge in [0.05, 0.1) is 48.6 Å². The smallest absolute Gasteiger partial charge is 0.0972 e. The normalized spacial score (nSPS) is 53.7. The molecule has 9 fully saturated rings. The summed E-state index contributed by atoms with van der Waals surface area (Å²) in [5, 5.41) is 9.71. The highest BCUT2D eigenvalue weighted by Gasteiger charge is 2.56. The van der Waals surface area contributed by atoms with Crippen molar-refractivity contribution in [2.24, 2.45) is 0 Å². The Morgan fingerprint density at radius 3 is 1.08 bits per heavy atom. The molecule has 9 aliphatic rings. The van der Waals surface area contributed by atoms with E-state index in [9.17, 15) is 0 Å². The second-order valence-corrected chi connectivity index (χ2v) is 14.2. The molecule has 8 heteroatoms. The Kier molecular flexibility index (Phi) is 6.15. The van der Waals surface area contributed by atoms with Gasteiger partial charge in [-0.15, -0.1) is 0 Å². The van der Waals surface area contributed by atoms with E-state index in [1.165, 1.54) is 116 Å². The van der Waals surface area contributed by atoms with Crippen molar-refractivity contribution in [1.82, 2.24) is 20.3 Å². The number of hydrogen-bond donors (Lipinski definition) is 0. The maximum atomic E-state index is 6.40. The number of fused-ring (bicyclic) bond motifs is 4. The summed E-state index contributed by atoms with van der Waals surface area (Å²) in [6.07, 6.45) is 25.0. The maximum absolute atomic E-state index is 6.40. The molecule has 212 valence electrons. The molecule has 4 heterocycles. The van der Waals surface area contributed by atoms with Gasteiger partial charge in [-0.05, 0) is 89.9 Å². The van der Waals surface area contributed by atoms with E-state index in [1.807, 2.05) is 0 Å². The van der Waals surface area contributed by atoms with E-state index in [-0.39, 0.29) is 0 Å². The Balaban J connectivity index is 0.771. The second kappa shape index (κ2) is 9.62. The minimum absolute atomic E-state index is 0.457. The third kappa shape index (κ3) is 3.84. The fraction of sp³-hybridized carbons (Fsp3) is 1.00. The average Bonchev–Trinajstić information content (AvgIpc) is 2.89. The van der Waals surface area contributed by atoms with Gasteiger partial charge in [0.25, 0.3) is 0 Å². The first-order chi connectivity index (χ1) is 18.8. The summed E-state index contributed by atoms with van der Waals surface area (Å²) in [4.78, 5) is 25.4. The first-order valence-electron chi connectivity index (χ1n) is 16.6. The molecule has 10 atom stereocenters. The highest BCUT2D eigenvalue weighted by Crippen LogP contribution is 2.47. The van der Waals surface area contributed by atoms with E-state index in [1.54, 1.807) is 0 Å². The molecule has 4 saturated heterocycles. The van der Waals surface area contributed by atoms with Gasteiger partial charge in [-0.2, -0.15) is 20.3 Å². The summed E-state index contributed by atoms with van der Waals surface area (Å²) in [5.74, 6) is 0. The van der Waals surface area contributed by atoms with Crippen LogP contribution in [-0.4, -0.2) is 93.0 Å². The van der Waals surface area contributed by atoms with Crippen molar-refractivity contribution in [3.8, 4) is 0 Å². The van der Waals surface area contributed by atoms with Crippen molar-refractivity contribution in [2.75, 3.05) is 0 Å². The number of rotatable bonds is 4. The van der Waals surface area contributed by atoms with Crippen LogP contribution >= 0.6 is 0 Å². The number of hydroxylamine groups is 8. The monoisotopic (exact) mass is 528 g/mol. The minimum Gasteiger partial charge on any atom is -0.293 e. The van der Waals surface area contributed by atoms with Crippen molar-refractivity contribution < 1.29 is 19.4 Å². The zero-order valence-corrected chi connectivity index (χ0v) is 23.1. The lowest BCUT2D eigenvalue weighted by Crippen LogP contribution is -2.70. The van der Waals surface area contributed by atoms with Crippen LogP contribution in [0.5, 0.6) is 0 Å². The fourth-order valence-electron chi connectivity index (χ4n) is 10.1. The lowest BCUT2D eigenvalue weighted by Gasteiger charge is -2.60. The molecule has 5 saturated carbocycles. The van der Waals surface area contributed by atoms with Gasteiger partial charge in [-0.3, -0.25) is 19.4 Å². The van der Waals surface area contributed by atoms with E-state index in [0.29, 0.717) is 72.8 Å². The predicted octanol–water partition coefficient (Wildman–Crippen LogP) is 4.49. The Morgan fingerprint density at radius 2 is 0.658 bits per heavy atom. The molecule has 0 N–H and O–H groups in total. The van der Waals surface area contributed by atoms with Crippen LogP contribution < -0.4 is 0 Å². The van der Waals surface area contributed by atoms with Gasteiger partial charge >= 0.3 is 0 Å². The number of hydrogen-bond acceptors (Lipinski definition) is 8. The molecule has 0 aromatic heterocycles. The van der Waals surface area contributed by atoms with Gasteiger partial charge in [0.15, 0.2) is 0 Å². The van der Waals surface area contributed by atoms with Crippen LogP contribution in [0.15, 0.2) is 0 Å². The molecule has 0 aromatic rings. The summed E-state index contributed by atoms with van der Waals surface area (Å²) in [7, 11) is 0. The fourth-order valence-corrected chi connectivity index (χ4v) is 10.1. The summed E-state index contributed by atoms with van der Waals surface area (Å²) in [5.41, 5.74) is 0. The predicted molar refractivity (Wildman–Crippen MR) is 140 cm³/mol. The van der Waals surface area contributed by atoms with Crippen LogP contribution in [0.4, 0.5) is 0 Å². The Morgan fingerprint density at radius 1 is 0.316 bits per heavy atom. The third-order valence-electron chi connectivity index (χ3n) is 12.2. The average molecular weight is 529 g/mol. The summed E-state index contributed by atoms with van der Waals surface area (Å²) in [6.45, 7) is 0. The molecular formula is C30H48N4O4. The molecule has 4 aliphatic heterocycles. The molecule has 0 radical (unpaired) electrons. The van der Waals surface area contributed by atoms with Crippen LogP contribution in [0.1, 0.15) is 116 Å². The van der Waals surface area contributed by atoms with Crippen LogP contribution in [0, 0.1) is 0 Å². The van der Waals surface area contributed by atoms with E-state index in [4.69, 9.17) is 19.4 Å². The summed E-state index contributed by atoms with van der Waals surface area (Å²) in [6, 6.07) is 4.97. The van der Waals surface area contributed by atoms with Gasteiger partial charge in [0.2, 0.25) is 0 Å². The molecule has 10 unspecified atom stereocenters. The van der Waals surface area contributed by atoms with Gasteiger partial charge in [-0.1, -0.05) is 25.7 Å². The molecule has 0 aromatic carbocycles. The third-order valence-corrected chi connectivity index (χ3v) is 12.2. The standard InChI is InChI=1S/C30H48N4O4/c1-3-7-27-23(5-1)33(35-27)21-13-15-29-25(17-21)31(37-29)19-9-11-20(12-10-19)32-26-18-22(14-16-30(26)38-32)34-24-6-2-4-8-28(24)36-34/h19-30H,1-18H2. The largest absolute Gasteiger partial charge is 0.293 e. The highest BCUT2D eigenvalue weighted by molar-refractivity contribution is 5.02. The molecule has 0 amide bonds. The topological polar surface area (TPSA) is 49.9 Å². The van der Waals surface area contributed by atoms with Gasteiger partial charge in [0.1, 0.15) is 0 Å². The van der Waals surface area contributed by atoms with E-state index >= 15 is 0 Å². The van der Waals surface area contributed by atoms with Crippen molar-refractivity contribution in [3.63, 3.8) is 0 Å². The number of nitrogens with zero attached hydrogens (tertiary/aromatic N) is 4. The summed E-state index contributed by atoms with van der Waals surface area (Å²) >= 11 is 0. The molecule has 0 bridgehead atoms. The molecule has 9 rings (SSSR count). The van der Waals surface area contributed by atoms with Crippen molar-refractivity contribution in [2.45, 2.75) is 188 Å². The first kappa shape index (κ1) is 24.3. The second-order valence-electron chi connectivity index (χ2n) is 14.2. The zero-order chi connectivity index (χ0) is 24.8. The first-order valence-corrected chi connectivity index (χ1v) is 16.6. The molecule has 0 spiro atoms. The van der Waals surface area contributed by atoms with Gasteiger partial charge in [0, 0.05) is 24.2 Å². The van der Waals surface area contributed by atoms with Crippen molar-refractivity contribution >= 4 is 0 Å². The highest BCUT2D eigenvalue weighted by atomic mass is 16.7. The van der Waals surface area contributed by atoms with Gasteiger partial charge in [-0.25, -0.2) is 0 Å². The van der Waals surface area contributed by atoms with Crippen molar-refractivity contribution in [1.29, 1.82) is 0 Å². The van der Waals surface area contributed by atoms with E-state index in [2.05, 4.69) is 20.3 Å². The molecular weight excluding hydrogens is 480 g/mol. The van der Waals surface area contributed by atoms with Crippen LogP contribution in [0.25, 0.3) is 0 Å². The van der Waals surface area contributed by atoms with Crippen LogP contribution in [-0.2, 0) is 19.4 Å². The molecule has 38 heavy (non-hydrogen) atoms. The lowest BCUT2D eigenvalue weighted by molar-refractivity contribution is -0.407. The van der Waals surface area contributed by atoms with Crippen LogP contribution in [0.2, 0.25) is 0 Å². The Hall–Kier alpha value is -0.320. The van der Waals surface area contributed by atoms with E-state index < -0.39 is 0 Å². The molecule has 8 nitrogen and oxygen atoms in total. The SMILES string of the molecule is C1CCC2C(C1)ON2C1CCC2ON(C3CCC(N4OC5CCC(N6OC7CCCCC76)CC54)CC3)C2C1. The van der Waals surface area contributed by atoms with Crippen molar-refractivity contribution in [3.05, 3.63) is 0 Å². The maximum Gasteiger partial charge on any atom is 0.0972 e. The minimum atomic E-state index is 0.457. The van der Waals surface area contributed by atoms with E-state index in [0.717, 1.165) is 0 Å². The van der Waals surface area contributed by atoms with Crippen LogP contribution in [0.3, 0.4) is 0 Å². The quantitative estimate of drug-likeness (QED) is 0.529. The summed E-state index contributed by atoms with van der Waals surface area (Å²) < 4.78 is 0. The Labute approximate surface area is 228 Å². The zero-order valence-electron chi connectivity index (χ0n) is 23.1. The Bertz CT molecular complexity index is 816. The lowest BCUT2D eigenvalue weighted by atomic mass is 9.80.